The minimum absolute atomic E-state index is 0.0211. The molecule has 1 atom stereocenters. The number of rotatable bonds is 7. The second-order valence-corrected chi connectivity index (χ2v) is 8.12. The Balaban J connectivity index is 1.70. The van der Waals surface area contributed by atoms with E-state index in [1.807, 2.05) is 44.2 Å². The van der Waals surface area contributed by atoms with Crippen LogP contribution in [0.4, 0.5) is 5.69 Å². The van der Waals surface area contributed by atoms with Gasteiger partial charge in [0.1, 0.15) is 6.33 Å². The zero-order valence-corrected chi connectivity index (χ0v) is 18.2. The van der Waals surface area contributed by atoms with Gasteiger partial charge in [0.25, 0.3) is 11.8 Å². The second-order valence-electron chi connectivity index (χ2n) is 8.12. The first-order valence-electron chi connectivity index (χ1n) is 10.8. The summed E-state index contributed by atoms with van der Waals surface area (Å²) in [5.74, 6) is 0.0790. The third-order valence-electron chi connectivity index (χ3n) is 5.57. The van der Waals surface area contributed by atoms with Crippen LogP contribution in [-0.4, -0.2) is 51.4 Å². The minimum Gasteiger partial charge on any atom is -0.396 e. The Morgan fingerprint density at radius 2 is 1.94 bits per heavy atom. The molecular weight excluding hydrogens is 406 g/mol. The van der Waals surface area contributed by atoms with Gasteiger partial charge in [0.2, 0.25) is 0 Å². The number of carbonyl (C=O) groups is 2. The van der Waals surface area contributed by atoms with Crippen LogP contribution in [0.25, 0.3) is 0 Å². The fraction of sp³-hybridized carbons (Fsp3) is 0.333. The van der Waals surface area contributed by atoms with Gasteiger partial charge in [0.05, 0.1) is 5.92 Å². The average Bonchev–Trinajstić information content (AvgIpc) is 3.44. The van der Waals surface area contributed by atoms with Gasteiger partial charge in [-0.15, -0.1) is 0 Å². The molecule has 1 aromatic heterocycles. The molecule has 0 saturated carbocycles. The number of hydrogen-bond donors (Lipinski definition) is 2. The molecule has 0 spiro atoms. The Bertz CT molecular complexity index is 1110. The molecule has 3 aromatic rings. The van der Waals surface area contributed by atoms with Gasteiger partial charge in [-0.25, -0.2) is 4.98 Å². The van der Waals surface area contributed by atoms with Gasteiger partial charge >= 0.3 is 0 Å². The standard InChI is InChI=1S/C24H27N5O3/c1-16(2)29-15-26-22(27-29)20-14-28(24(32)17-7-4-3-5-8-17)21-10-9-18(13-19(20)21)23(31)25-11-6-12-30/h3-5,7-10,13,15-16,20,30H,6,11-12,14H2,1-2H3,(H,25,31)/t20-/m1/s1. The van der Waals surface area contributed by atoms with Crippen molar-refractivity contribution in [1.29, 1.82) is 0 Å². The second kappa shape index (κ2) is 9.32. The van der Waals surface area contributed by atoms with Crippen molar-refractivity contribution in [2.24, 2.45) is 0 Å². The van der Waals surface area contributed by atoms with Crippen LogP contribution in [0.5, 0.6) is 0 Å². The lowest BCUT2D eigenvalue weighted by Crippen LogP contribution is -2.30. The third kappa shape index (κ3) is 4.27. The highest BCUT2D eigenvalue weighted by Gasteiger charge is 2.36. The predicted molar refractivity (Wildman–Crippen MR) is 121 cm³/mol. The maximum absolute atomic E-state index is 13.3. The highest BCUT2D eigenvalue weighted by Crippen LogP contribution is 2.40. The summed E-state index contributed by atoms with van der Waals surface area (Å²) in [7, 11) is 0. The molecule has 1 aliphatic rings. The number of benzene rings is 2. The van der Waals surface area contributed by atoms with E-state index >= 15 is 0 Å². The summed E-state index contributed by atoms with van der Waals surface area (Å²) in [6.07, 6.45) is 2.20. The van der Waals surface area contributed by atoms with E-state index in [9.17, 15) is 9.59 Å². The highest BCUT2D eigenvalue weighted by atomic mass is 16.3. The van der Waals surface area contributed by atoms with E-state index in [2.05, 4.69) is 15.4 Å². The smallest absolute Gasteiger partial charge is 0.258 e. The van der Waals surface area contributed by atoms with Crippen molar-refractivity contribution in [3.05, 3.63) is 77.4 Å². The van der Waals surface area contributed by atoms with Gasteiger partial charge in [0, 0.05) is 42.6 Å². The molecule has 8 heteroatoms. The Kier molecular flexibility index (Phi) is 6.32. The van der Waals surface area contributed by atoms with E-state index in [4.69, 9.17) is 5.11 Å². The van der Waals surface area contributed by atoms with Crippen molar-refractivity contribution in [2.75, 3.05) is 24.6 Å². The molecule has 0 radical (unpaired) electrons. The number of nitrogens with one attached hydrogen (secondary N) is 1. The van der Waals surface area contributed by atoms with E-state index < -0.39 is 0 Å². The molecule has 8 nitrogen and oxygen atoms in total. The number of amides is 2. The van der Waals surface area contributed by atoms with E-state index in [0.29, 0.717) is 36.5 Å². The van der Waals surface area contributed by atoms with E-state index in [-0.39, 0.29) is 30.4 Å². The third-order valence-corrected chi connectivity index (χ3v) is 5.57. The van der Waals surface area contributed by atoms with Crippen molar-refractivity contribution in [3.63, 3.8) is 0 Å². The first-order chi connectivity index (χ1) is 15.5. The number of aromatic nitrogens is 3. The van der Waals surface area contributed by atoms with Crippen LogP contribution in [0.2, 0.25) is 0 Å². The fourth-order valence-electron chi connectivity index (χ4n) is 3.83. The van der Waals surface area contributed by atoms with Crippen LogP contribution >= 0.6 is 0 Å². The Hall–Kier alpha value is -3.52. The lowest BCUT2D eigenvalue weighted by molar-refractivity contribution is 0.0949. The van der Waals surface area contributed by atoms with Crippen LogP contribution in [0, 0.1) is 0 Å². The minimum atomic E-state index is -0.233. The SMILES string of the molecule is CC(C)n1cnc([C@@H]2CN(C(=O)c3ccccc3)c3ccc(C(=O)NCCCO)cc32)n1. The molecule has 1 aliphatic heterocycles. The lowest BCUT2D eigenvalue weighted by atomic mass is 9.98. The summed E-state index contributed by atoms with van der Waals surface area (Å²) >= 11 is 0. The molecule has 2 heterocycles. The number of aliphatic hydroxyl groups is 1. The zero-order valence-electron chi connectivity index (χ0n) is 18.2. The molecule has 0 saturated heterocycles. The Labute approximate surface area is 186 Å². The van der Waals surface area contributed by atoms with Crippen molar-refractivity contribution < 1.29 is 14.7 Å². The summed E-state index contributed by atoms with van der Waals surface area (Å²) in [5.41, 5.74) is 2.72. The molecule has 0 aliphatic carbocycles. The van der Waals surface area contributed by atoms with E-state index in [1.165, 1.54) is 0 Å². The molecular formula is C24H27N5O3. The number of nitrogens with zero attached hydrogens (tertiary/aromatic N) is 4. The van der Waals surface area contributed by atoms with Crippen LogP contribution < -0.4 is 10.2 Å². The number of hydrogen-bond acceptors (Lipinski definition) is 5. The molecule has 0 unspecified atom stereocenters. The predicted octanol–water partition coefficient (Wildman–Crippen LogP) is 2.76. The summed E-state index contributed by atoms with van der Waals surface area (Å²) in [5, 5.41) is 16.4. The van der Waals surface area contributed by atoms with Crippen molar-refractivity contribution in [2.45, 2.75) is 32.2 Å². The van der Waals surface area contributed by atoms with Gasteiger partial charge in [-0.05, 0) is 56.2 Å². The Morgan fingerprint density at radius 3 is 2.62 bits per heavy atom. The topological polar surface area (TPSA) is 100 Å². The van der Waals surface area contributed by atoms with Gasteiger partial charge in [0.15, 0.2) is 5.82 Å². The maximum atomic E-state index is 13.3. The molecule has 2 aromatic carbocycles. The van der Waals surface area contributed by atoms with Crippen LogP contribution in [0.15, 0.2) is 54.9 Å². The monoisotopic (exact) mass is 433 g/mol. The van der Waals surface area contributed by atoms with E-state index in [1.54, 1.807) is 34.1 Å². The van der Waals surface area contributed by atoms with E-state index in [0.717, 1.165) is 11.3 Å². The van der Waals surface area contributed by atoms with Crippen molar-refractivity contribution >= 4 is 17.5 Å². The number of carbonyl (C=O) groups excluding carboxylic acids is 2. The average molecular weight is 434 g/mol. The molecule has 4 rings (SSSR count). The fourth-order valence-corrected chi connectivity index (χ4v) is 3.83. The largest absolute Gasteiger partial charge is 0.396 e. The number of anilines is 1. The first-order valence-corrected chi connectivity index (χ1v) is 10.8. The molecule has 32 heavy (non-hydrogen) atoms. The highest BCUT2D eigenvalue weighted by molar-refractivity contribution is 6.08. The maximum Gasteiger partial charge on any atom is 0.258 e. The molecule has 0 fully saturated rings. The Morgan fingerprint density at radius 1 is 1.16 bits per heavy atom. The van der Waals surface area contributed by atoms with Gasteiger partial charge in [-0.1, -0.05) is 18.2 Å². The van der Waals surface area contributed by atoms with Gasteiger partial charge in [-0.3, -0.25) is 14.3 Å². The van der Waals surface area contributed by atoms with Crippen LogP contribution in [0.3, 0.4) is 0 Å². The molecule has 166 valence electrons. The zero-order chi connectivity index (χ0) is 22.7. The molecule has 2 amide bonds. The normalized spacial score (nSPS) is 15.1. The van der Waals surface area contributed by atoms with Gasteiger partial charge in [-0.2, -0.15) is 5.10 Å². The first kappa shape index (κ1) is 21.7. The lowest BCUT2D eigenvalue weighted by Gasteiger charge is -2.18. The summed E-state index contributed by atoms with van der Waals surface area (Å²) in [6.45, 7) is 4.88. The van der Waals surface area contributed by atoms with Gasteiger partial charge < -0.3 is 15.3 Å². The molecule has 2 N–H and O–H groups in total. The summed E-state index contributed by atoms with van der Waals surface area (Å²) in [4.78, 5) is 32.1. The summed E-state index contributed by atoms with van der Waals surface area (Å²) in [6, 6.07) is 14.7. The summed E-state index contributed by atoms with van der Waals surface area (Å²) < 4.78 is 1.79. The van der Waals surface area contributed by atoms with Crippen molar-refractivity contribution in [3.8, 4) is 0 Å². The quantitative estimate of drug-likeness (QED) is 0.558. The van der Waals surface area contributed by atoms with Crippen molar-refractivity contribution in [1.82, 2.24) is 20.1 Å². The number of aliphatic hydroxyl groups excluding tert-OH is 1. The van der Waals surface area contributed by atoms with Crippen LogP contribution in [-0.2, 0) is 0 Å². The molecule has 0 bridgehead atoms. The number of fused-ring (bicyclic) bond motifs is 1. The van der Waals surface area contributed by atoms with Crippen LogP contribution in [0.1, 0.15) is 64.3 Å².